The zero-order valence-corrected chi connectivity index (χ0v) is 15.7. The van der Waals surface area contributed by atoms with E-state index in [0.29, 0.717) is 23.7 Å². The Morgan fingerprint density at radius 2 is 2.07 bits per heavy atom. The van der Waals surface area contributed by atoms with Gasteiger partial charge >= 0.3 is 6.09 Å². The average molecular weight is 406 g/mol. The maximum absolute atomic E-state index is 11.7. The van der Waals surface area contributed by atoms with Crippen LogP contribution in [0.3, 0.4) is 0 Å². The Balaban J connectivity index is 1.47. The number of rotatable bonds is 5. The van der Waals surface area contributed by atoms with Crippen molar-refractivity contribution in [3.63, 3.8) is 0 Å². The number of carboxylic acid groups (broad SMARTS) is 1. The standard InChI is InChI=1S/C19H20ClN3O5/c20-11-1-3-12(4-2-11)27-13-5-10-9-23(19(25)26)17(15(10)6-13)8-14-7-16(18(21)24)22-28-14/h1-4,7,10,13,15,17H,5-6,8-9H2,(H2,21,24)(H,25,26)/t10-,13-,15-,17?/m0/s1. The molecule has 2 aromatic rings. The first-order valence-corrected chi connectivity index (χ1v) is 9.45. The normalized spacial score (nSPS) is 26.2. The molecule has 2 fully saturated rings. The number of nitrogens with zero attached hydrogens (tertiary/aromatic N) is 2. The Bertz CT molecular complexity index is 884. The van der Waals surface area contributed by atoms with Gasteiger partial charge in [-0.15, -0.1) is 0 Å². The van der Waals surface area contributed by atoms with Crippen molar-refractivity contribution in [1.82, 2.24) is 10.1 Å². The summed E-state index contributed by atoms with van der Waals surface area (Å²) in [6.07, 6.45) is 0.950. The second kappa shape index (κ2) is 7.35. The van der Waals surface area contributed by atoms with Crippen LogP contribution in [0.4, 0.5) is 4.79 Å². The summed E-state index contributed by atoms with van der Waals surface area (Å²) in [5.41, 5.74) is 5.25. The van der Waals surface area contributed by atoms with Gasteiger partial charge in [0.2, 0.25) is 0 Å². The molecule has 0 radical (unpaired) electrons. The van der Waals surface area contributed by atoms with Gasteiger partial charge in [-0.05, 0) is 48.9 Å². The molecule has 2 aliphatic rings. The zero-order valence-electron chi connectivity index (χ0n) is 15.0. The Labute approximate surface area is 166 Å². The summed E-state index contributed by atoms with van der Waals surface area (Å²) in [5, 5.41) is 13.9. The molecule has 1 saturated heterocycles. The maximum Gasteiger partial charge on any atom is 0.407 e. The van der Waals surface area contributed by atoms with Gasteiger partial charge < -0.3 is 25.0 Å². The van der Waals surface area contributed by atoms with Crippen molar-refractivity contribution in [2.24, 2.45) is 17.6 Å². The van der Waals surface area contributed by atoms with Gasteiger partial charge in [-0.1, -0.05) is 16.8 Å². The third-order valence-corrected chi connectivity index (χ3v) is 5.87. The fourth-order valence-corrected chi connectivity index (χ4v) is 4.55. The van der Waals surface area contributed by atoms with Crippen molar-refractivity contribution in [2.75, 3.05) is 6.54 Å². The van der Waals surface area contributed by atoms with E-state index >= 15 is 0 Å². The van der Waals surface area contributed by atoms with Gasteiger partial charge in [0.15, 0.2) is 5.69 Å². The number of carbonyl (C=O) groups excluding carboxylic acids is 1. The minimum Gasteiger partial charge on any atom is -0.490 e. The first-order chi connectivity index (χ1) is 13.4. The highest BCUT2D eigenvalue weighted by molar-refractivity contribution is 6.30. The Morgan fingerprint density at radius 1 is 1.32 bits per heavy atom. The highest BCUT2D eigenvalue weighted by atomic mass is 35.5. The highest BCUT2D eigenvalue weighted by Crippen LogP contribution is 2.44. The monoisotopic (exact) mass is 405 g/mol. The molecule has 1 aliphatic carbocycles. The quantitative estimate of drug-likeness (QED) is 0.789. The Kier molecular flexibility index (Phi) is 4.89. The van der Waals surface area contributed by atoms with E-state index < -0.39 is 12.0 Å². The lowest BCUT2D eigenvalue weighted by Crippen LogP contribution is -2.39. The first kappa shape index (κ1) is 18.6. The molecule has 9 heteroatoms. The first-order valence-electron chi connectivity index (χ1n) is 9.08. The van der Waals surface area contributed by atoms with Crippen LogP contribution >= 0.6 is 11.6 Å². The fraction of sp³-hybridized carbons (Fsp3) is 0.421. The van der Waals surface area contributed by atoms with Gasteiger partial charge in [0.25, 0.3) is 5.91 Å². The van der Waals surface area contributed by atoms with Gasteiger partial charge in [-0.2, -0.15) is 0 Å². The summed E-state index contributed by atoms with van der Waals surface area (Å²) in [6, 6.07) is 8.44. The lowest BCUT2D eigenvalue weighted by molar-refractivity contribution is 0.0991. The van der Waals surface area contributed by atoms with Crippen molar-refractivity contribution in [3.05, 3.63) is 46.8 Å². The number of ether oxygens (including phenoxy) is 1. The molecule has 1 aromatic carbocycles. The number of amides is 2. The van der Waals surface area contributed by atoms with E-state index in [1.54, 1.807) is 12.1 Å². The lowest BCUT2D eigenvalue weighted by atomic mass is 9.91. The van der Waals surface area contributed by atoms with Crippen LogP contribution in [0.15, 0.2) is 34.9 Å². The number of aromatic nitrogens is 1. The summed E-state index contributed by atoms with van der Waals surface area (Å²) < 4.78 is 11.3. The highest BCUT2D eigenvalue weighted by Gasteiger charge is 2.50. The smallest absolute Gasteiger partial charge is 0.407 e. The molecule has 1 unspecified atom stereocenters. The predicted octanol–water partition coefficient (Wildman–Crippen LogP) is 2.81. The van der Waals surface area contributed by atoms with E-state index in [0.717, 1.165) is 18.6 Å². The average Bonchev–Trinajstić information content (AvgIpc) is 3.33. The predicted molar refractivity (Wildman–Crippen MR) is 99.3 cm³/mol. The molecule has 4 atom stereocenters. The molecule has 1 saturated carbocycles. The summed E-state index contributed by atoms with van der Waals surface area (Å²) in [4.78, 5) is 24.4. The molecule has 3 N–H and O–H groups in total. The Hall–Kier alpha value is -2.74. The number of hydrogen-bond acceptors (Lipinski definition) is 5. The van der Waals surface area contributed by atoms with Gasteiger partial charge in [-0.25, -0.2) is 4.79 Å². The minimum absolute atomic E-state index is 0.0190. The van der Waals surface area contributed by atoms with Crippen LogP contribution in [0.5, 0.6) is 5.75 Å². The number of benzene rings is 1. The number of likely N-dealkylation sites (tertiary alicyclic amines) is 1. The molecular formula is C19H20ClN3O5. The molecule has 8 nitrogen and oxygen atoms in total. The van der Waals surface area contributed by atoms with Crippen LogP contribution in [0.1, 0.15) is 29.1 Å². The molecular weight excluding hydrogens is 386 g/mol. The van der Waals surface area contributed by atoms with Crippen LogP contribution in [0.25, 0.3) is 0 Å². The van der Waals surface area contributed by atoms with Gasteiger partial charge in [0, 0.05) is 30.1 Å². The SMILES string of the molecule is NC(=O)c1cc(CC2[C@H]3C[C@@H](Oc4ccc(Cl)cc4)C[C@H]3CN2C(=O)O)on1. The van der Waals surface area contributed by atoms with Crippen LogP contribution in [-0.2, 0) is 6.42 Å². The molecule has 4 rings (SSSR count). The number of nitrogens with two attached hydrogens (primary N) is 1. The largest absolute Gasteiger partial charge is 0.490 e. The summed E-state index contributed by atoms with van der Waals surface area (Å²) in [6.45, 7) is 0.460. The zero-order chi connectivity index (χ0) is 19.8. The maximum atomic E-state index is 11.7. The van der Waals surface area contributed by atoms with E-state index in [4.69, 9.17) is 26.6 Å². The lowest BCUT2D eigenvalue weighted by Gasteiger charge is -2.25. The van der Waals surface area contributed by atoms with Crippen molar-refractivity contribution >= 4 is 23.6 Å². The van der Waals surface area contributed by atoms with Crippen molar-refractivity contribution < 1.29 is 24.0 Å². The fourth-order valence-electron chi connectivity index (χ4n) is 4.42. The number of hydrogen-bond donors (Lipinski definition) is 2. The van der Waals surface area contributed by atoms with Crippen molar-refractivity contribution in [3.8, 4) is 5.75 Å². The van der Waals surface area contributed by atoms with Crippen molar-refractivity contribution in [2.45, 2.75) is 31.4 Å². The third-order valence-electron chi connectivity index (χ3n) is 5.62. The number of primary amides is 1. The van der Waals surface area contributed by atoms with Crippen LogP contribution in [0.2, 0.25) is 5.02 Å². The van der Waals surface area contributed by atoms with Crippen LogP contribution < -0.4 is 10.5 Å². The van der Waals surface area contributed by atoms with E-state index in [1.165, 1.54) is 11.0 Å². The topological polar surface area (TPSA) is 119 Å². The number of carbonyl (C=O) groups is 2. The molecule has 148 valence electrons. The molecule has 0 spiro atoms. The van der Waals surface area contributed by atoms with Gasteiger partial charge in [-0.3, -0.25) is 4.79 Å². The van der Waals surface area contributed by atoms with Crippen LogP contribution in [0, 0.1) is 11.8 Å². The van der Waals surface area contributed by atoms with E-state index in [1.807, 2.05) is 12.1 Å². The number of fused-ring (bicyclic) bond motifs is 1. The summed E-state index contributed by atoms with van der Waals surface area (Å²) >= 11 is 5.91. The second-order valence-electron chi connectivity index (χ2n) is 7.34. The third kappa shape index (κ3) is 3.64. The minimum atomic E-state index is -0.954. The number of halogens is 1. The van der Waals surface area contributed by atoms with E-state index in [2.05, 4.69) is 5.16 Å². The Morgan fingerprint density at radius 3 is 2.71 bits per heavy atom. The van der Waals surface area contributed by atoms with Gasteiger partial charge in [0.05, 0.1) is 6.10 Å². The second-order valence-corrected chi connectivity index (χ2v) is 7.77. The van der Waals surface area contributed by atoms with Gasteiger partial charge in [0.1, 0.15) is 11.5 Å². The molecule has 0 bridgehead atoms. The van der Waals surface area contributed by atoms with E-state index in [9.17, 15) is 14.7 Å². The van der Waals surface area contributed by atoms with Crippen LogP contribution in [-0.4, -0.2) is 45.9 Å². The van der Waals surface area contributed by atoms with Crippen molar-refractivity contribution in [1.29, 1.82) is 0 Å². The molecule has 2 heterocycles. The van der Waals surface area contributed by atoms with E-state index in [-0.39, 0.29) is 29.7 Å². The molecule has 1 aromatic heterocycles. The molecule has 1 aliphatic heterocycles. The molecule has 28 heavy (non-hydrogen) atoms. The summed E-state index contributed by atoms with van der Waals surface area (Å²) in [5.74, 6) is 0.897. The summed E-state index contributed by atoms with van der Waals surface area (Å²) in [7, 11) is 0. The molecule has 2 amide bonds.